The molecule has 0 unspecified atom stereocenters. The van der Waals surface area contributed by atoms with E-state index >= 15 is 0 Å². The van der Waals surface area contributed by atoms with Gasteiger partial charge in [0.25, 0.3) is 11.5 Å². The molecule has 0 atom stereocenters. The number of allylic oxidation sites excluding steroid dienone is 1. The zero-order valence-corrected chi connectivity index (χ0v) is 26.2. The van der Waals surface area contributed by atoms with Gasteiger partial charge in [0.15, 0.2) is 11.5 Å². The number of pyridine rings is 1. The molecule has 0 fully saturated rings. The van der Waals surface area contributed by atoms with Crippen molar-refractivity contribution in [2.75, 3.05) is 26.6 Å². The molecule has 0 bridgehead atoms. The number of fused-ring (bicyclic) bond motifs is 3. The molecule has 9 nitrogen and oxygen atoms in total. The number of carbonyl (C=O) groups excluding carboxylic acids is 1. The summed E-state index contributed by atoms with van der Waals surface area (Å²) in [5.74, 6) is 1.37. The lowest BCUT2D eigenvalue weighted by molar-refractivity contribution is 0.102. The molecule has 7 rings (SSSR count). The number of para-hydroxylation sites is 2. The predicted molar refractivity (Wildman–Crippen MR) is 184 cm³/mol. The number of hydrogen-bond acceptors (Lipinski definition) is 7. The zero-order chi connectivity index (χ0) is 32.5. The summed E-state index contributed by atoms with van der Waals surface area (Å²) < 4.78 is 18.2. The first kappa shape index (κ1) is 29.7. The molecule has 0 saturated carbocycles. The first-order valence-electron chi connectivity index (χ1n) is 15.3. The van der Waals surface area contributed by atoms with Gasteiger partial charge in [-0.05, 0) is 90.6 Å². The number of anilines is 1. The molecule has 1 aliphatic carbocycles. The van der Waals surface area contributed by atoms with E-state index in [9.17, 15) is 9.59 Å². The second-order valence-corrected chi connectivity index (χ2v) is 11.3. The van der Waals surface area contributed by atoms with Crippen LogP contribution in [0.2, 0.25) is 0 Å². The predicted octanol–water partition coefficient (Wildman–Crippen LogP) is 7.09. The average molecular weight is 625 g/mol. The molecule has 0 radical (unpaired) electrons. The van der Waals surface area contributed by atoms with Crippen molar-refractivity contribution in [3.8, 4) is 22.9 Å². The first-order chi connectivity index (χ1) is 23.0. The Balaban J connectivity index is 1.31. The number of nitrogens with one attached hydrogen (secondary N) is 1. The normalized spacial score (nSPS) is 13.4. The Morgan fingerprint density at radius 1 is 0.830 bits per heavy atom. The maximum atomic E-state index is 14.2. The Bertz CT molecular complexity index is 2230. The second-order valence-electron chi connectivity index (χ2n) is 11.3. The molecular weight excluding hydrogens is 592 g/mol. The molecule has 1 amide bonds. The van der Waals surface area contributed by atoms with Crippen molar-refractivity contribution in [2.45, 2.75) is 19.3 Å². The van der Waals surface area contributed by atoms with Crippen LogP contribution in [0.1, 0.15) is 40.0 Å². The van der Waals surface area contributed by atoms with Gasteiger partial charge in [-0.1, -0.05) is 36.4 Å². The van der Waals surface area contributed by atoms with Crippen LogP contribution in [0, 0.1) is 0 Å². The standard InChI is InChI=1S/C38H32N4O5/c1-45-32-19-23(20-33(46-2)36(32)47-3)18-24-10-9-14-28-34(27-13-7-8-15-31(27)41-35(24)28)37(43)40-25-16-17-30-29(21-25)38(44)42(22-39-30)26-11-5-4-6-12-26/h4-8,11-13,15-22H,9-10,14H2,1-3H3,(H,40,43)/b24-18-. The average Bonchev–Trinajstić information content (AvgIpc) is 3.11. The van der Waals surface area contributed by atoms with E-state index in [1.807, 2.05) is 66.7 Å². The summed E-state index contributed by atoms with van der Waals surface area (Å²) in [5, 5.41) is 4.26. The van der Waals surface area contributed by atoms with E-state index in [-0.39, 0.29) is 11.5 Å². The van der Waals surface area contributed by atoms with Gasteiger partial charge in [-0.2, -0.15) is 0 Å². The fraction of sp³-hybridized carbons (Fsp3) is 0.158. The minimum atomic E-state index is -0.263. The highest BCUT2D eigenvalue weighted by atomic mass is 16.5. The van der Waals surface area contributed by atoms with Gasteiger partial charge in [-0.3, -0.25) is 14.2 Å². The number of methoxy groups -OCH3 is 3. The van der Waals surface area contributed by atoms with Gasteiger partial charge < -0.3 is 19.5 Å². The number of hydrogen-bond donors (Lipinski definition) is 1. The van der Waals surface area contributed by atoms with Crippen molar-refractivity contribution in [1.82, 2.24) is 14.5 Å². The quantitative estimate of drug-likeness (QED) is 0.202. The van der Waals surface area contributed by atoms with Crippen molar-refractivity contribution in [2.24, 2.45) is 0 Å². The van der Waals surface area contributed by atoms with Crippen molar-refractivity contribution < 1.29 is 19.0 Å². The smallest absolute Gasteiger partial charge is 0.265 e. The Morgan fingerprint density at radius 3 is 2.32 bits per heavy atom. The van der Waals surface area contributed by atoms with Gasteiger partial charge >= 0.3 is 0 Å². The molecule has 4 aromatic carbocycles. The molecule has 2 heterocycles. The second kappa shape index (κ2) is 12.4. The molecule has 9 heteroatoms. The summed E-state index contributed by atoms with van der Waals surface area (Å²) in [6, 6.07) is 26.0. The van der Waals surface area contributed by atoms with Crippen LogP contribution < -0.4 is 25.1 Å². The highest BCUT2D eigenvalue weighted by molar-refractivity contribution is 6.14. The lowest BCUT2D eigenvalue weighted by Gasteiger charge is -2.23. The minimum absolute atomic E-state index is 0.217. The van der Waals surface area contributed by atoms with E-state index in [0.717, 1.165) is 46.1 Å². The molecule has 0 spiro atoms. The fourth-order valence-corrected chi connectivity index (χ4v) is 6.29. The van der Waals surface area contributed by atoms with Crippen molar-refractivity contribution in [1.29, 1.82) is 0 Å². The summed E-state index contributed by atoms with van der Waals surface area (Å²) in [5.41, 5.74) is 6.42. The van der Waals surface area contributed by atoms with Crippen LogP contribution in [-0.2, 0) is 6.42 Å². The van der Waals surface area contributed by atoms with Crippen LogP contribution in [-0.4, -0.2) is 41.8 Å². The molecule has 2 aromatic heterocycles. The SMILES string of the molecule is COc1cc(/C=C2/CCCc3c2nc2ccccc2c3C(=O)Nc2ccc3ncn(-c4ccccc4)c(=O)c3c2)cc(OC)c1OC. The fourth-order valence-electron chi connectivity index (χ4n) is 6.29. The van der Waals surface area contributed by atoms with Crippen molar-refractivity contribution in [3.05, 3.63) is 124 Å². The van der Waals surface area contributed by atoms with E-state index < -0.39 is 0 Å². The summed E-state index contributed by atoms with van der Waals surface area (Å²) in [6.07, 6.45) is 5.94. The van der Waals surface area contributed by atoms with Gasteiger partial charge in [0.1, 0.15) is 6.33 Å². The number of rotatable bonds is 7. The van der Waals surface area contributed by atoms with Gasteiger partial charge in [0.2, 0.25) is 5.75 Å². The molecule has 234 valence electrons. The number of carbonyl (C=O) groups is 1. The van der Waals surface area contributed by atoms with Crippen LogP contribution in [0.3, 0.4) is 0 Å². The maximum absolute atomic E-state index is 14.2. The zero-order valence-electron chi connectivity index (χ0n) is 26.2. The van der Waals surface area contributed by atoms with E-state index in [1.165, 1.54) is 10.9 Å². The van der Waals surface area contributed by atoms with Crippen LogP contribution >= 0.6 is 0 Å². The summed E-state index contributed by atoms with van der Waals surface area (Å²) in [4.78, 5) is 37.2. The Labute approximate surface area is 271 Å². The Hall–Kier alpha value is -5.96. The number of nitrogens with zero attached hydrogens (tertiary/aromatic N) is 3. The molecule has 1 aliphatic rings. The van der Waals surface area contributed by atoms with Crippen molar-refractivity contribution >= 4 is 45.0 Å². The summed E-state index contributed by atoms with van der Waals surface area (Å²) in [7, 11) is 4.76. The van der Waals surface area contributed by atoms with Crippen molar-refractivity contribution in [3.63, 3.8) is 0 Å². The highest BCUT2D eigenvalue weighted by Crippen LogP contribution is 2.41. The molecule has 0 saturated heterocycles. The Morgan fingerprint density at radius 2 is 1.57 bits per heavy atom. The van der Waals surface area contributed by atoms with Gasteiger partial charge in [-0.15, -0.1) is 0 Å². The number of amides is 1. The van der Waals surface area contributed by atoms with E-state index in [4.69, 9.17) is 19.2 Å². The van der Waals surface area contributed by atoms with Gasteiger partial charge in [0, 0.05) is 11.1 Å². The Kier molecular flexibility index (Phi) is 7.87. The highest BCUT2D eigenvalue weighted by Gasteiger charge is 2.26. The summed E-state index contributed by atoms with van der Waals surface area (Å²) in [6.45, 7) is 0. The van der Waals surface area contributed by atoms with Gasteiger partial charge in [-0.25, -0.2) is 9.97 Å². The molecule has 6 aromatic rings. The molecule has 1 N–H and O–H groups in total. The summed E-state index contributed by atoms with van der Waals surface area (Å²) >= 11 is 0. The molecular formula is C38H32N4O5. The first-order valence-corrected chi connectivity index (χ1v) is 15.3. The van der Waals surface area contributed by atoms with Gasteiger partial charge in [0.05, 0.1) is 54.7 Å². The van der Waals surface area contributed by atoms with Crippen LogP contribution in [0.15, 0.2) is 96.1 Å². The monoisotopic (exact) mass is 624 g/mol. The number of benzene rings is 4. The van der Waals surface area contributed by atoms with Crippen LogP contribution in [0.4, 0.5) is 5.69 Å². The lowest BCUT2D eigenvalue weighted by atomic mass is 9.85. The number of aromatic nitrogens is 3. The maximum Gasteiger partial charge on any atom is 0.265 e. The minimum Gasteiger partial charge on any atom is -0.493 e. The third-order valence-electron chi connectivity index (χ3n) is 8.48. The van der Waals surface area contributed by atoms with E-state index in [1.54, 1.807) is 39.5 Å². The molecule has 0 aliphatic heterocycles. The third kappa shape index (κ3) is 5.46. The van der Waals surface area contributed by atoms with Crippen LogP contribution in [0.25, 0.3) is 39.1 Å². The van der Waals surface area contributed by atoms with E-state index in [0.29, 0.717) is 51.5 Å². The largest absolute Gasteiger partial charge is 0.493 e. The van der Waals surface area contributed by atoms with E-state index in [2.05, 4.69) is 16.4 Å². The number of ether oxygens (including phenoxy) is 3. The van der Waals surface area contributed by atoms with Crippen LogP contribution in [0.5, 0.6) is 17.2 Å². The third-order valence-corrected chi connectivity index (χ3v) is 8.48. The topological polar surface area (TPSA) is 105 Å². The lowest BCUT2D eigenvalue weighted by Crippen LogP contribution is -2.20. The molecule has 47 heavy (non-hydrogen) atoms.